The Bertz CT molecular complexity index is 1100. The molecule has 1 amide bonds. The van der Waals surface area contributed by atoms with Crippen LogP contribution in [-0.2, 0) is 17.8 Å². The highest BCUT2D eigenvalue weighted by Gasteiger charge is 2.14. The topological polar surface area (TPSA) is 103 Å². The lowest BCUT2D eigenvalue weighted by Crippen LogP contribution is -2.29. The Morgan fingerprint density at radius 1 is 1.18 bits per heavy atom. The van der Waals surface area contributed by atoms with Crippen LogP contribution in [0.15, 0.2) is 29.6 Å². The van der Waals surface area contributed by atoms with Crippen molar-refractivity contribution < 1.29 is 14.3 Å². The second kappa shape index (κ2) is 12.5. The SMILES string of the molecule is CCCSc1nc(NCC(C)C)c2cnn(CCNC(=O)Cc3ccc(OC)c(OC)c3)c2n1. The molecule has 0 aliphatic heterocycles. The molecular formula is C24H34N6O3S. The van der Waals surface area contributed by atoms with Crippen molar-refractivity contribution >= 4 is 34.5 Å². The number of hydrogen-bond acceptors (Lipinski definition) is 8. The summed E-state index contributed by atoms with van der Waals surface area (Å²) >= 11 is 1.64. The third kappa shape index (κ3) is 6.75. The number of carbonyl (C=O) groups excluding carboxylic acids is 1. The molecule has 0 spiro atoms. The van der Waals surface area contributed by atoms with Gasteiger partial charge in [-0.1, -0.05) is 38.6 Å². The van der Waals surface area contributed by atoms with Crippen LogP contribution in [0.2, 0.25) is 0 Å². The first-order chi connectivity index (χ1) is 16.4. The maximum atomic E-state index is 12.5. The summed E-state index contributed by atoms with van der Waals surface area (Å²) in [6, 6.07) is 5.48. The van der Waals surface area contributed by atoms with Gasteiger partial charge in [0, 0.05) is 18.8 Å². The van der Waals surface area contributed by atoms with E-state index in [0.29, 0.717) is 30.5 Å². The minimum absolute atomic E-state index is 0.0724. The van der Waals surface area contributed by atoms with Crippen molar-refractivity contribution in [2.75, 3.05) is 38.4 Å². The zero-order valence-electron chi connectivity index (χ0n) is 20.6. The third-order valence-corrected chi connectivity index (χ3v) is 6.10. The zero-order chi connectivity index (χ0) is 24.5. The van der Waals surface area contributed by atoms with E-state index in [1.165, 1.54) is 0 Å². The standard InChI is InChI=1S/C24H34N6O3S/c1-6-11-34-24-28-22(26-14-16(2)3)18-15-27-30(23(18)29-24)10-9-25-21(31)13-17-7-8-19(32-4)20(12-17)33-5/h7-8,12,15-16H,6,9-11,13-14H2,1-5H3,(H,25,31)(H,26,28,29). The van der Waals surface area contributed by atoms with Crippen LogP contribution in [0.4, 0.5) is 5.82 Å². The minimum Gasteiger partial charge on any atom is -0.493 e. The van der Waals surface area contributed by atoms with Gasteiger partial charge in [0.2, 0.25) is 5.91 Å². The van der Waals surface area contributed by atoms with Crippen molar-refractivity contribution in [1.82, 2.24) is 25.1 Å². The lowest BCUT2D eigenvalue weighted by molar-refractivity contribution is -0.120. The number of hydrogen-bond donors (Lipinski definition) is 2. The van der Waals surface area contributed by atoms with Crippen molar-refractivity contribution in [3.05, 3.63) is 30.0 Å². The predicted octanol–water partition coefficient (Wildman–Crippen LogP) is 3.77. The summed E-state index contributed by atoms with van der Waals surface area (Å²) in [6.07, 6.45) is 3.09. The molecule has 0 unspecified atom stereocenters. The van der Waals surface area contributed by atoms with Crippen molar-refractivity contribution in [3.63, 3.8) is 0 Å². The maximum Gasteiger partial charge on any atom is 0.224 e. The molecule has 0 aliphatic carbocycles. The van der Waals surface area contributed by atoms with Gasteiger partial charge in [-0.25, -0.2) is 14.6 Å². The molecule has 2 aromatic heterocycles. The molecule has 9 nitrogen and oxygen atoms in total. The van der Waals surface area contributed by atoms with E-state index in [-0.39, 0.29) is 12.3 Å². The zero-order valence-corrected chi connectivity index (χ0v) is 21.4. The first-order valence-electron chi connectivity index (χ1n) is 11.5. The number of nitrogens with one attached hydrogen (secondary N) is 2. The lowest BCUT2D eigenvalue weighted by Gasteiger charge is -2.11. The molecule has 0 atom stereocenters. The van der Waals surface area contributed by atoms with Gasteiger partial charge in [-0.3, -0.25) is 4.79 Å². The van der Waals surface area contributed by atoms with Crippen LogP contribution in [0, 0.1) is 5.92 Å². The van der Waals surface area contributed by atoms with Gasteiger partial charge in [-0.05, 0) is 30.0 Å². The Morgan fingerprint density at radius 3 is 2.68 bits per heavy atom. The highest BCUT2D eigenvalue weighted by Crippen LogP contribution is 2.28. The maximum absolute atomic E-state index is 12.5. The molecule has 1 aromatic carbocycles. The van der Waals surface area contributed by atoms with Gasteiger partial charge in [0.25, 0.3) is 0 Å². The number of ether oxygens (including phenoxy) is 2. The van der Waals surface area contributed by atoms with Crippen LogP contribution in [0.25, 0.3) is 11.0 Å². The van der Waals surface area contributed by atoms with Gasteiger partial charge < -0.3 is 20.1 Å². The summed E-state index contributed by atoms with van der Waals surface area (Å²) < 4.78 is 12.4. The molecule has 0 aliphatic rings. The molecular weight excluding hydrogens is 452 g/mol. The van der Waals surface area contributed by atoms with Crippen LogP contribution in [0.1, 0.15) is 32.8 Å². The van der Waals surface area contributed by atoms with Gasteiger partial charge in [0.05, 0.1) is 38.8 Å². The molecule has 184 valence electrons. The number of fused-ring (bicyclic) bond motifs is 1. The fourth-order valence-electron chi connectivity index (χ4n) is 3.33. The number of methoxy groups -OCH3 is 2. The van der Waals surface area contributed by atoms with Gasteiger partial charge in [0.15, 0.2) is 22.3 Å². The van der Waals surface area contributed by atoms with E-state index >= 15 is 0 Å². The van der Waals surface area contributed by atoms with Gasteiger partial charge in [0.1, 0.15) is 5.82 Å². The summed E-state index contributed by atoms with van der Waals surface area (Å²) in [6.45, 7) is 8.23. The number of benzene rings is 1. The molecule has 0 radical (unpaired) electrons. The van der Waals surface area contributed by atoms with E-state index in [9.17, 15) is 4.79 Å². The number of carbonyl (C=O) groups is 1. The number of aromatic nitrogens is 4. The quantitative estimate of drug-likeness (QED) is 0.278. The predicted molar refractivity (Wildman–Crippen MR) is 136 cm³/mol. The van der Waals surface area contributed by atoms with Crippen molar-refractivity contribution in [3.8, 4) is 11.5 Å². The second-order valence-corrected chi connectivity index (χ2v) is 9.36. The second-order valence-electron chi connectivity index (χ2n) is 8.30. The molecule has 10 heteroatoms. The number of rotatable bonds is 13. The molecule has 34 heavy (non-hydrogen) atoms. The average Bonchev–Trinajstić information content (AvgIpc) is 3.24. The number of thioether (sulfide) groups is 1. The van der Waals surface area contributed by atoms with E-state index in [2.05, 4.69) is 36.5 Å². The highest BCUT2D eigenvalue weighted by atomic mass is 32.2. The van der Waals surface area contributed by atoms with Crippen LogP contribution in [-0.4, -0.2) is 58.7 Å². The Kier molecular flexibility index (Phi) is 9.38. The Morgan fingerprint density at radius 2 is 1.97 bits per heavy atom. The molecule has 0 saturated heterocycles. The number of nitrogens with zero attached hydrogens (tertiary/aromatic N) is 4. The van der Waals surface area contributed by atoms with Gasteiger partial charge >= 0.3 is 0 Å². The summed E-state index contributed by atoms with van der Waals surface area (Å²) in [5.74, 6) is 3.42. The smallest absolute Gasteiger partial charge is 0.224 e. The van der Waals surface area contributed by atoms with Crippen LogP contribution < -0.4 is 20.1 Å². The highest BCUT2D eigenvalue weighted by molar-refractivity contribution is 7.99. The van der Waals surface area contributed by atoms with E-state index in [1.807, 2.05) is 16.8 Å². The summed E-state index contributed by atoms with van der Waals surface area (Å²) in [7, 11) is 3.17. The molecule has 3 aromatic rings. The third-order valence-electron chi connectivity index (χ3n) is 5.05. The fourth-order valence-corrected chi connectivity index (χ4v) is 4.03. The first-order valence-corrected chi connectivity index (χ1v) is 12.5. The average molecular weight is 487 g/mol. The van der Waals surface area contributed by atoms with Crippen molar-refractivity contribution in [1.29, 1.82) is 0 Å². The van der Waals surface area contributed by atoms with E-state index in [4.69, 9.17) is 19.4 Å². The summed E-state index contributed by atoms with van der Waals surface area (Å²) in [5, 5.41) is 12.5. The molecule has 0 saturated carbocycles. The van der Waals surface area contributed by atoms with E-state index in [1.54, 1.807) is 38.2 Å². The normalized spacial score (nSPS) is 11.1. The van der Waals surface area contributed by atoms with E-state index in [0.717, 1.165) is 46.3 Å². The Balaban J connectivity index is 1.66. The number of anilines is 1. The monoisotopic (exact) mass is 486 g/mol. The van der Waals surface area contributed by atoms with Gasteiger partial charge in [-0.2, -0.15) is 5.10 Å². The molecule has 3 rings (SSSR count). The molecule has 2 N–H and O–H groups in total. The van der Waals surface area contributed by atoms with Crippen molar-refractivity contribution in [2.45, 2.75) is 45.3 Å². The molecule has 2 heterocycles. The lowest BCUT2D eigenvalue weighted by atomic mass is 10.1. The molecule has 0 bridgehead atoms. The first kappa shape index (κ1) is 25.6. The Hall–Kier alpha value is -3.01. The Labute approximate surface area is 205 Å². The summed E-state index contributed by atoms with van der Waals surface area (Å²) in [5.41, 5.74) is 1.62. The van der Waals surface area contributed by atoms with E-state index < -0.39 is 0 Å². The summed E-state index contributed by atoms with van der Waals surface area (Å²) in [4.78, 5) is 21.9. The number of amides is 1. The van der Waals surface area contributed by atoms with Crippen LogP contribution in [0.5, 0.6) is 11.5 Å². The largest absolute Gasteiger partial charge is 0.493 e. The fraction of sp³-hybridized carbons (Fsp3) is 0.500. The van der Waals surface area contributed by atoms with Crippen LogP contribution >= 0.6 is 11.8 Å². The van der Waals surface area contributed by atoms with Crippen molar-refractivity contribution in [2.24, 2.45) is 5.92 Å². The molecule has 0 fully saturated rings. The van der Waals surface area contributed by atoms with Crippen LogP contribution in [0.3, 0.4) is 0 Å². The van der Waals surface area contributed by atoms with Gasteiger partial charge in [-0.15, -0.1) is 0 Å². The minimum atomic E-state index is -0.0724.